The number of hydrogen-bond donors (Lipinski definition) is 2. The van der Waals surface area contributed by atoms with E-state index in [4.69, 9.17) is 25.8 Å². The number of halogens is 1. The van der Waals surface area contributed by atoms with E-state index in [1.54, 1.807) is 24.4 Å². The number of nitriles is 1. The Bertz CT molecular complexity index is 2060. The minimum atomic E-state index is -0.664. The lowest BCUT2D eigenvalue weighted by Crippen LogP contribution is -2.37. The van der Waals surface area contributed by atoms with Gasteiger partial charge in [-0.25, -0.2) is 0 Å². The maximum absolute atomic E-state index is 12.6. The summed E-state index contributed by atoms with van der Waals surface area (Å²) in [6.07, 6.45) is 6.46. The van der Waals surface area contributed by atoms with Gasteiger partial charge in [-0.3, -0.25) is 14.7 Å². The number of fused-ring (bicyclic) bond motifs is 1. The molecule has 12 heteroatoms. The molecule has 4 heterocycles. The number of aromatic nitrogens is 1. The molecule has 2 atom stereocenters. The zero-order chi connectivity index (χ0) is 39.2. The van der Waals surface area contributed by atoms with Gasteiger partial charge in [-0.05, 0) is 85.2 Å². The van der Waals surface area contributed by atoms with Crippen molar-refractivity contribution in [3.8, 4) is 28.7 Å². The lowest BCUT2D eigenvalue weighted by molar-refractivity contribution is -0.146. The molecule has 56 heavy (non-hydrogen) atoms. The number of ether oxygens (including phenoxy) is 3. The Morgan fingerprint density at radius 2 is 1.73 bits per heavy atom. The van der Waals surface area contributed by atoms with Crippen molar-refractivity contribution in [1.29, 1.82) is 5.26 Å². The van der Waals surface area contributed by atoms with Gasteiger partial charge in [0.15, 0.2) is 0 Å². The number of methoxy groups -OCH3 is 1. The Labute approximate surface area is 334 Å². The molecule has 2 saturated heterocycles. The van der Waals surface area contributed by atoms with Gasteiger partial charge in [0, 0.05) is 81.0 Å². The molecule has 4 aromatic rings. The lowest BCUT2D eigenvalue weighted by atomic mass is 9.92. The highest BCUT2D eigenvalue weighted by molar-refractivity contribution is 6.32. The zero-order valence-electron chi connectivity index (χ0n) is 32.1. The second kappa shape index (κ2) is 18.0. The minimum Gasteiger partial charge on any atom is -0.488 e. The third kappa shape index (κ3) is 9.12. The fourth-order valence-corrected chi connectivity index (χ4v) is 8.53. The number of carbonyl (C=O) groups excluding carboxylic acids is 1. The minimum absolute atomic E-state index is 0.142. The van der Waals surface area contributed by atoms with Crippen molar-refractivity contribution in [3.63, 3.8) is 0 Å². The molecule has 1 aromatic heterocycles. The van der Waals surface area contributed by atoms with Crippen molar-refractivity contribution in [2.75, 3.05) is 51.3 Å². The number of pyridine rings is 1. The molecule has 7 rings (SSSR count). The highest BCUT2D eigenvalue weighted by atomic mass is 35.5. The summed E-state index contributed by atoms with van der Waals surface area (Å²) in [6, 6.07) is 19.8. The Balaban J connectivity index is 1.08. The second-order valence-corrected chi connectivity index (χ2v) is 15.5. The Morgan fingerprint density at radius 3 is 2.54 bits per heavy atom. The number of carbonyl (C=O) groups is 1. The molecule has 0 bridgehead atoms. The Morgan fingerprint density at radius 1 is 0.946 bits per heavy atom. The smallest absolute Gasteiger partial charge is 0.323 e. The van der Waals surface area contributed by atoms with Crippen LogP contribution in [0.3, 0.4) is 0 Å². The molecule has 0 saturated carbocycles. The number of β-amino-alcohol motifs (C(OH)–C–C–N with tert-alkyl or cyclic N) is 1. The van der Waals surface area contributed by atoms with E-state index in [-0.39, 0.29) is 32.3 Å². The molecule has 0 amide bonds. The third-order valence-corrected chi connectivity index (χ3v) is 11.7. The molecule has 3 aliphatic rings. The highest BCUT2D eigenvalue weighted by Crippen LogP contribution is 2.39. The largest absolute Gasteiger partial charge is 0.488 e. The molecule has 0 aliphatic carbocycles. The topological polar surface area (TPSA) is 132 Å². The molecule has 0 radical (unpaired) electrons. The number of likely N-dealkylation sites (tertiary alicyclic amines) is 2. The average Bonchev–Trinajstić information content (AvgIpc) is 3.80. The van der Waals surface area contributed by atoms with Gasteiger partial charge in [-0.15, -0.1) is 0 Å². The summed E-state index contributed by atoms with van der Waals surface area (Å²) in [5, 5.41) is 30.0. The fraction of sp³-hybridized carbons (Fsp3) is 0.432. The van der Waals surface area contributed by atoms with Crippen LogP contribution in [0.25, 0.3) is 11.1 Å². The number of anilines is 1. The van der Waals surface area contributed by atoms with Gasteiger partial charge in [0.25, 0.3) is 0 Å². The Kier molecular flexibility index (Phi) is 12.7. The summed E-state index contributed by atoms with van der Waals surface area (Å²) in [6.45, 7) is 8.19. The van der Waals surface area contributed by atoms with Crippen LogP contribution in [0.15, 0.2) is 67.0 Å². The van der Waals surface area contributed by atoms with E-state index >= 15 is 0 Å². The van der Waals surface area contributed by atoms with E-state index in [0.29, 0.717) is 34.2 Å². The number of rotatable bonds is 14. The van der Waals surface area contributed by atoms with E-state index < -0.39 is 18.1 Å². The number of esters is 1. The number of aliphatic hydroxyl groups is 2. The van der Waals surface area contributed by atoms with Crippen molar-refractivity contribution in [1.82, 2.24) is 14.8 Å². The molecule has 3 aliphatic heterocycles. The average molecular weight is 780 g/mol. The van der Waals surface area contributed by atoms with Gasteiger partial charge in [0.2, 0.25) is 0 Å². The van der Waals surface area contributed by atoms with Crippen LogP contribution in [-0.4, -0.2) is 95.6 Å². The molecule has 2 fully saturated rings. The first-order valence-corrected chi connectivity index (χ1v) is 19.9. The van der Waals surface area contributed by atoms with E-state index in [0.717, 1.165) is 75.1 Å². The van der Waals surface area contributed by atoms with Crippen LogP contribution in [0.1, 0.15) is 59.1 Å². The highest BCUT2D eigenvalue weighted by Gasteiger charge is 2.37. The number of aliphatic hydroxyl groups excluding tert-OH is 2. The summed E-state index contributed by atoms with van der Waals surface area (Å²) >= 11 is 6.89. The van der Waals surface area contributed by atoms with Crippen molar-refractivity contribution >= 4 is 23.3 Å². The monoisotopic (exact) mass is 779 g/mol. The van der Waals surface area contributed by atoms with Crippen LogP contribution in [0.5, 0.6) is 11.5 Å². The standard InChI is InChI=1S/C44H50ClN5O6/c1-29-32(6-3-7-36(29)37-8-4-9-40-38(37)12-17-49(40)14-5-13-48-15-10-34(51)11-16-48)28-56-43-21-42(55-27-31-18-30(22-46)23-47-24-31)33(19-39(43)45)25-50-26-35(52)20-41(50)44(53)54-2/h3-4,6-9,18-19,21,23-24,34-35,41,51-52H,5,10-17,20,25-28H2,1-2H3/t35-,41-/m1/s1. The van der Waals surface area contributed by atoms with E-state index in [9.17, 15) is 20.3 Å². The van der Waals surface area contributed by atoms with Gasteiger partial charge < -0.3 is 34.2 Å². The van der Waals surface area contributed by atoms with Crippen molar-refractivity contribution in [3.05, 3.63) is 105 Å². The summed E-state index contributed by atoms with van der Waals surface area (Å²) in [5.74, 6) is 0.541. The first kappa shape index (κ1) is 39.5. The van der Waals surface area contributed by atoms with E-state index in [1.165, 1.54) is 35.7 Å². The van der Waals surface area contributed by atoms with Gasteiger partial charge in [0.05, 0.1) is 29.9 Å². The van der Waals surface area contributed by atoms with Crippen LogP contribution in [0.2, 0.25) is 5.02 Å². The molecule has 11 nitrogen and oxygen atoms in total. The van der Waals surface area contributed by atoms with Crippen molar-refractivity contribution in [2.24, 2.45) is 0 Å². The Hall–Kier alpha value is -4.70. The number of benzene rings is 3. The van der Waals surface area contributed by atoms with Gasteiger partial charge in [-0.2, -0.15) is 5.26 Å². The number of nitrogens with zero attached hydrogens (tertiary/aromatic N) is 5. The van der Waals surface area contributed by atoms with Gasteiger partial charge in [-0.1, -0.05) is 41.9 Å². The molecule has 3 aromatic carbocycles. The maximum atomic E-state index is 12.6. The first-order valence-electron chi connectivity index (χ1n) is 19.5. The van der Waals surface area contributed by atoms with E-state index in [2.05, 4.69) is 64.2 Å². The zero-order valence-corrected chi connectivity index (χ0v) is 32.9. The van der Waals surface area contributed by atoms with Crippen LogP contribution in [-0.2, 0) is 35.7 Å². The number of hydrogen-bond acceptors (Lipinski definition) is 11. The third-order valence-electron chi connectivity index (χ3n) is 11.4. The molecule has 2 N–H and O–H groups in total. The maximum Gasteiger partial charge on any atom is 0.323 e. The number of piperidine rings is 1. The summed E-state index contributed by atoms with van der Waals surface area (Å²) < 4.78 is 17.8. The fourth-order valence-electron chi connectivity index (χ4n) is 8.29. The second-order valence-electron chi connectivity index (χ2n) is 15.1. The van der Waals surface area contributed by atoms with Crippen LogP contribution >= 0.6 is 11.6 Å². The summed E-state index contributed by atoms with van der Waals surface area (Å²) in [7, 11) is 1.34. The summed E-state index contributed by atoms with van der Waals surface area (Å²) in [4.78, 5) is 23.6. The molecular weight excluding hydrogens is 730 g/mol. The van der Waals surface area contributed by atoms with Crippen LogP contribution in [0.4, 0.5) is 5.69 Å². The molecule has 0 spiro atoms. The predicted octanol–water partition coefficient (Wildman–Crippen LogP) is 6.06. The molecule has 0 unspecified atom stereocenters. The van der Waals surface area contributed by atoms with Crippen LogP contribution in [0, 0.1) is 18.3 Å². The van der Waals surface area contributed by atoms with E-state index in [1.807, 2.05) is 4.90 Å². The lowest BCUT2D eigenvalue weighted by Gasteiger charge is -2.30. The van der Waals surface area contributed by atoms with Gasteiger partial charge in [0.1, 0.15) is 36.8 Å². The van der Waals surface area contributed by atoms with Crippen molar-refractivity contribution in [2.45, 2.75) is 77.0 Å². The molecular formula is C44H50ClN5O6. The first-order chi connectivity index (χ1) is 27.2. The van der Waals surface area contributed by atoms with Crippen LogP contribution < -0.4 is 14.4 Å². The molecule has 294 valence electrons. The SMILES string of the molecule is COC(=O)[C@H]1C[C@@H](O)CN1Cc1cc(Cl)c(OCc2cccc(-c3cccc4c3CCN4CCCN3CCC(O)CC3)c2C)cc1OCc1cncc(C#N)c1. The van der Waals surface area contributed by atoms with Crippen molar-refractivity contribution < 1.29 is 29.2 Å². The normalized spacial score (nSPS) is 18.8. The quantitative estimate of drug-likeness (QED) is 0.145. The predicted molar refractivity (Wildman–Crippen MR) is 215 cm³/mol. The van der Waals surface area contributed by atoms with Gasteiger partial charge >= 0.3 is 5.97 Å². The summed E-state index contributed by atoms with van der Waals surface area (Å²) in [5.41, 5.74) is 9.17.